The molecule has 0 aromatic rings. The summed E-state index contributed by atoms with van der Waals surface area (Å²) in [7, 11) is 0. The van der Waals surface area contributed by atoms with E-state index in [-0.39, 0.29) is 19.0 Å². The standard InChI is InChI=1S/C10H20N2O4/c1-7(2)4-12(5-8(11)13)6-10(3,16)9(14)15/h7,16H,4-6H2,1-3H3,(H2,11,13)(H,14,15). The zero-order chi connectivity index (χ0) is 12.9. The molecule has 0 aliphatic heterocycles. The molecule has 0 aliphatic rings. The Morgan fingerprint density at radius 3 is 2.25 bits per heavy atom. The minimum atomic E-state index is -1.87. The van der Waals surface area contributed by atoms with Crippen molar-refractivity contribution < 1.29 is 19.8 Å². The number of aliphatic hydroxyl groups is 1. The van der Waals surface area contributed by atoms with E-state index < -0.39 is 17.5 Å². The molecule has 1 amide bonds. The summed E-state index contributed by atoms with van der Waals surface area (Å²) in [5.41, 5.74) is 3.18. The minimum absolute atomic E-state index is 0.0540. The summed E-state index contributed by atoms with van der Waals surface area (Å²) in [5.74, 6) is -1.60. The van der Waals surface area contributed by atoms with Gasteiger partial charge in [-0.1, -0.05) is 13.8 Å². The molecule has 0 rings (SSSR count). The number of amides is 1. The quantitative estimate of drug-likeness (QED) is 0.536. The van der Waals surface area contributed by atoms with E-state index in [1.165, 1.54) is 6.92 Å². The normalized spacial score (nSPS) is 15.1. The number of aliphatic carboxylic acids is 1. The van der Waals surface area contributed by atoms with Crippen LogP contribution in [0, 0.1) is 5.92 Å². The van der Waals surface area contributed by atoms with Gasteiger partial charge in [-0.15, -0.1) is 0 Å². The summed E-state index contributed by atoms with van der Waals surface area (Å²) in [4.78, 5) is 23.1. The maximum absolute atomic E-state index is 10.8. The maximum Gasteiger partial charge on any atom is 0.336 e. The summed E-state index contributed by atoms with van der Waals surface area (Å²) in [6.45, 7) is 5.40. The number of carboxylic acids is 1. The summed E-state index contributed by atoms with van der Waals surface area (Å²) < 4.78 is 0. The highest BCUT2D eigenvalue weighted by molar-refractivity contribution is 5.78. The second kappa shape index (κ2) is 5.81. The van der Waals surface area contributed by atoms with Crippen LogP contribution in [0.5, 0.6) is 0 Å². The highest BCUT2D eigenvalue weighted by Crippen LogP contribution is 2.08. The van der Waals surface area contributed by atoms with Gasteiger partial charge in [0.15, 0.2) is 5.60 Å². The lowest BCUT2D eigenvalue weighted by molar-refractivity contribution is -0.159. The average Bonchev–Trinajstić information content (AvgIpc) is 1.99. The Labute approximate surface area is 95.0 Å². The lowest BCUT2D eigenvalue weighted by Crippen LogP contribution is -2.49. The Hall–Kier alpha value is -1.14. The van der Waals surface area contributed by atoms with Gasteiger partial charge in [-0.2, -0.15) is 0 Å². The molecule has 1 atom stereocenters. The fraction of sp³-hybridized carbons (Fsp3) is 0.800. The molecular weight excluding hydrogens is 212 g/mol. The fourth-order valence-electron chi connectivity index (χ4n) is 1.42. The molecule has 0 saturated carbocycles. The number of carbonyl (C=O) groups is 2. The predicted molar refractivity (Wildman–Crippen MR) is 58.7 cm³/mol. The molecule has 4 N–H and O–H groups in total. The second-order valence-electron chi connectivity index (χ2n) is 4.61. The van der Waals surface area contributed by atoms with Crippen molar-refractivity contribution in [1.29, 1.82) is 0 Å². The van der Waals surface area contributed by atoms with Crippen LogP contribution in [0.15, 0.2) is 0 Å². The topological polar surface area (TPSA) is 104 Å². The monoisotopic (exact) mass is 232 g/mol. The van der Waals surface area contributed by atoms with Gasteiger partial charge in [0.05, 0.1) is 6.54 Å². The van der Waals surface area contributed by atoms with Crippen molar-refractivity contribution in [1.82, 2.24) is 4.90 Å². The number of nitrogens with zero attached hydrogens (tertiary/aromatic N) is 1. The maximum atomic E-state index is 10.8. The van der Waals surface area contributed by atoms with Crippen molar-refractivity contribution in [2.24, 2.45) is 11.7 Å². The van der Waals surface area contributed by atoms with Crippen molar-refractivity contribution in [2.75, 3.05) is 19.6 Å². The number of primary amides is 1. The van der Waals surface area contributed by atoms with E-state index in [9.17, 15) is 14.7 Å². The van der Waals surface area contributed by atoms with Crippen LogP contribution in [0.2, 0.25) is 0 Å². The smallest absolute Gasteiger partial charge is 0.336 e. The third-order valence-corrected chi connectivity index (χ3v) is 2.00. The van der Waals surface area contributed by atoms with Crippen LogP contribution >= 0.6 is 0 Å². The number of carbonyl (C=O) groups excluding carboxylic acids is 1. The van der Waals surface area contributed by atoms with E-state index in [1.54, 1.807) is 4.90 Å². The van der Waals surface area contributed by atoms with Gasteiger partial charge in [-0.05, 0) is 12.8 Å². The zero-order valence-corrected chi connectivity index (χ0v) is 9.93. The predicted octanol–water partition coefficient (Wildman–Crippen LogP) is -0.735. The number of carboxylic acid groups (broad SMARTS) is 1. The van der Waals surface area contributed by atoms with Crippen LogP contribution < -0.4 is 5.73 Å². The first-order valence-corrected chi connectivity index (χ1v) is 5.11. The Kier molecular flexibility index (Phi) is 5.40. The molecule has 0 spiro atoms. The van der Waals surface area contributed by atoms with Gasteiger partial charge >= 0.3 is 5.97 Å². The molecule has 0 heterocycles. The molecule has 0 fully saturated rings. The Bertz CT molecular complexity index is 264. The van der Waals surface area contributed by atoms with Gasteiger partial charge in [0.1, 0.15) is 0 Å². The van der Waals surface area contributed by atoms with Crippen LogP contribution in [0.3, 0.4) is 0 Å². The number of nitrogens with two attached hydrogens (primary N) is 1. The molecule has 6 heteroatoms. The molecule has 0 aliphatic carbocycles. The van der Waals surface area contributed by atoms with Crippen LogP contribution in [-0.4, -0.2) is 52.2 Å². The summed E-state index contributed by atoms with van der Waals surface area (Å²) in [5, 5.41) is 18.4. The van der Waals surface area contributed by atoms with Crippen molar-refractivity contribution in [3.05, 3.63) is 0 Å². The first-order valence-electron chi connectivity index (χ1n) is 5.11. The summed E-state index contributed by atoms with van der Waals surface area (Å²) in [6, 6.07) is 0. The van der Waals surface area contributed by atoms with Gasteiger partial charge in [0.25, 0.3) is 0 Å². The molecule has 0 bridgehead atoms. The third kappa shape index (κ3) is 5.67. The van der Waals surface area contributed by atoms with Crippen molar-refractivity contribution in [3.63, 3.8) is 0 Å². The number of hydrogen-bond donors (Lipinski definition) is 3. The minimum Gasteiger partial charge on any atom is -0.479 e. The SMILES string of the molecule is CC(C)CN(CC(N)=O)CC(C)(O)C(=O)O. The van der Waals surface area contributed by atoms with Gasteiger partial charge in [0, 0.05) is 13.1 Å². The molecule has 0 aromatic carbocycles. The van der Waals surface area contributed by atoms with Crippen molar-refractivity contribution in [2.45, 2.75) is 26.4 Å². The zero-order valence-electron chi connectivity index (χ0n) is 9.93. The van der Waals surface area contributed by atoms with E-state index in [0.717, 1.165) is 0 Å². The molecular formula is C10H20N2O4. The van der Waals surface area contributed by atoms with Gasteiger partial charge in [0.2, 0.25) is 5.91 Å². The van der Waals surface area contributed by atoms with Crippen LogP contribution in [-0.2, 0) is 9.59 Å². The summed E-state index contributed by atoms with van der Waals surface area (Å²) in [6.07, 6.45) is 0. The van der Waals surface area contributed by atoms with Gasteiger partial charge in [-0.25, -0.2) is 4.79 Å². The highest BCUT2D eigenvalue weighted by atomic mass is 16.4. The van der Waals surface area contributed by atoms with E-state index in [4.69, 9.17) is 10.8 Å². The van der Waals surface area contributed by atoms with Crippen LogP contribution in [0.1, 0.15) is 20.8 Å². The molecule has 94 valence electrons. The fourth-order valence-corrected chi connectivity index (χ4v) is 1.42. The van der Waals surface area contributed by atoms with Crippen LogP contribution in [0.25, 0.3) is 0 Å². The first kappa shape index (κ1) is 14.9. The van der Waals surface area contributed by atoms with Gasteiger partial charge in [-0.3, -0.25) is 9.69 Å². The molecule has 0 aromatic heterocycles. The number of hydrogen-bond acceptors (Lipinski definition) is 4. The van der Waals surface area contributed by atoms with E-state index in [2.05, 4.69) is 0 Å². The second-order valence-corrected chi connectivity index (χ2v) is 4.61. The molecule has 16 heavy (non-hydrogen) atoms. The largest absolute Gasteiger partial charge is 0.479 e. The third-order valence-electron chi connectivity index (χ3n) is 2.00. The molecule has 6 nitrogen and oxygen atoms in total. The summed E-state index contributed by atoms with van der Waals surface area (Å²) >= 11 is 0. The van der Waals surface area contributed by atoms with Crippen molar-refractivity contribution >= 4 is 11.9 Å². The molecule has 0 saturated heterocycles. The number of rotatable bonds is 7. The first-order chi connectivity index (χ1) is 7.15. The lowest BCUT2D eigenvalue weighted by atomic mass is 10.1. The van der Waals surface area contributed by atoms with E-state index in [0.29, 0.717) is 6.54 Å². The van der Waals surface area contributed by atoms with E-state index >= 15 is 0 Å². The lowest BCUT2D eigenvalue weighted by Gasteiger charge is -2.28. The Balaban J connectivity index is 4.52. The van der Waals surface area contributed by atoms with E-state index in [1.807, 2.05) is 13.8 Å². The highest BCUT2D eigenvalue weighted by Gasteiger charge is 2.32. The average molecular weight is 232 g/mol. The Morgan fingerprint density at radius 2 is 1.94 bits per heavy atom. The molecule has 0 radical (unpaired) electrons. The Morgan fingerprint density at radius 1 is 1.44 bits per heavy atom. The van der Waals surface area contributed by atoms with Gasteiger partial charge < -0.3 is 15.9 Å². The van der Waals surface area contributed by atoms with Crippen molar-refractivity contribution in [3.8, 4) is 0 Å². The van der Waals surface area contributed by atoms with Crippen LogP contribution in [0.4, 0.5) is 0 Å². The molecule has 1 unspecified atom stereocenters.